The molecule has 3 heterocycles. The maximum absolute atomic E-state index is 13.5. The van der Waals surface area contributed by atoms with Crippen molar-refractivity contribution in [3.8, 4) is 0 Å². The molecule has 1 amide bonds. The minimum atomic E-state index is -1.98. The van der Waals surface area contributed by atoms with Gasteiger partial charge in [0.15, 0.2) is 18.9 Å². The van der Waals surface area contributed by atoms with E-state index in [2.05, 4.69) is 43.5 Å². The molecule has 105 heavy (non-hydrogen) atoms. The van der Waals surface area contributed by atoms with Crippen LogP contribution in [0.25, 0.3) is 0 Å². The van der Waals surface area contributed by atoms with Crippen molar-refractivity contribution in [2.75, 3.05) is 26.4 Å². The number of amides is 1. The molecule has 17 atom stereocenters. The third kappa shape index (κ3) is 46.0. The van der Waals surface area contributed by atoms with E-state index in [4.69, 9.17) is 28.4 Å². The Bertz CT molecular complexity index is 2030. The molecule has 0 aromatic carbocycles. The second-order valence-corrected chi connectivity index (χ2v) is 31.3. The second kappa shape index (κ2) is 66.6. The van der Waals surface area contributed by atoms with Crippen LogP contribution in [0.2, 0.25) is 0 Å². The van der Waals surface area contributed by atoms with Crippen molar-refractivity contribution in [3.63, 3.8) is 0 Å². The van der Waals surface area contributed by atoms with Crippen molar-refractivity contribution in [3.05, 3.63) is 36.5 Å². The van der Waals surface area contributed by atoms with Gasteiger partial charge in [-0.3, -0.25) is 4.79 Å². The number of aliphatic hydroxyl groups is 11. The Morgan fingerprint density at radius 2 is 0.610 bits per heavy atom. The first-order valence-electron chi connectivity index (χ1n) is 43.7. The number of unbranched alkanes of at least 4 members (excludes halogenated alkanes) is 51. The SMILES string of the molecule is CCCCCCCCCCCCCC/C=C/CC/C=C/CC/C=C/C(O)C(COC1OC(CO)C(OC2OC(CO)C(OC3OC(CO)C(O)C(O)C3O)C(O)C2O)C(O)C1O)NC(=O)CCCCCCCCCCCCCCCCCCCCCCCCCCCCCCCCCCCCCCCC. The summed E-state index contributed by atoms with van der Waals surface area (Å²) in [6, 6.07) is -0.996. The maximum Gasteiger partial charge on any atom is 0.220 e. The van der Waals surface area contributed by atoms with Crippen molar-refractivity contribution < 1.29 is 89.4 Å². The maximum atomic E-state index is 13.5. The molecule has 3 rings (SSSR count). The Hall–Kier alpha value is -1.99. The fourth-order valence-electron chi connectivity index (χ4n) is 14.9. The Morgan fingerprint density at radius 3 is 0.952 bits per heavy atom. The zero-order valence-corrected chi connectivity index (χ0v) is 66.5. The van der Waals surface area contributed by atoms with E-state index in [9.17, 15) is 61.0 Å². The molecule has 3 fully saturated rings. The van der Waals surface area contributed by atoms with E-state index in [1.165, 1.54) is 295 Å². The average molecular weight is 1500 g/mol. The molecule has 0 aromatic heterocycles. The number of carbonyl (C=O) groups is 1. The molecule has 0 spiro atoms. The summed E-state index contributed by atoms with van der Waals surface area (Å²) in [5, 5.41) is 121. The van der Waals surface area contributed by atoms with Crippen molar-refractivity contribution in [1.29, 1.82) is 0 Å². The summed E-state index contributed by atoms with van der Waals surface area (Å²) in [7, 11) is 0. The molecule has 19 nitrogen and oxygen atoms in total. The molecule has 3 saturated heterocycles. The van der Waals surface area contributed by atoms with E-state index in [1.54, 1.807) is 6.08 Å². The Kier molecular flexibility index (Phi) is 61.7. The third-order valence-electron chi connectivity index (χ3n) is 21.9. The quantitative estimate of drug-likeness (QED) is 0.0199. The highest BCUT2D eigenvalue weighted by Crippen LogP contribution is 2.33. The molecule has 19 heteroatoms. The molecule has 0 aliphatic carbocycles. The first-order chi connectivity index (χ1) is 51.3. The van der Waals surface area contributed by atoms with Crippen molar-refractivity contribution in [1.82, 2.24) is 5.32 Å². The summed E-state index contributed by atoms with van der Waals surface area (Å²) < 4.78 is 34.5. The Balaban J connectivity index is 1.32. The topological polar surface area (TPSA) is 307 Å². The van der Waals surface area contributed by atoms with E-state index < -0.39 is 124 Å². The molecule has 12 N–H and O–H groups in total. The third-order valence-corrected chi connectivity index (χ3v) is 21.9. The van der Waals surface area contributed by atoms with Gasteiger partial charge in [-0.2, -0.15) is 0 Å². The summed E-state index contributed by atoms with van der Waals surface area (Å²) >= 11 is 0. The van der Waals surface area contributed by atoms with Gasteiger partial charge >= 0.3 is 0 Å². The van der Waals surface area contributed by atoms with Gasteiger partial charge in [-0.1, -0.05) is 359 Å². The number of hydrogen-bond acceptors (Lipinski definition) is 18. The lowest BCUT2D eigenvalue weighted by Gasteiger charge is -2.48. The smallest absolute Gasteiger partial charge is 0.220 e. The van der Waals surface area contributed by atoms with E-state index in [-0.39, 0.29) is 18.9 Å². The highest BCUT2D eigenvalue weighted by atomic mass is 16.8. The molecule has 618 valence electrons. The zero-order valence-electron chi connectivity index (χ0n) is 66.5. The Labute approximate surface area is 638 Å². The number of allylic oxidation sites excluding steroid dienone is 5. The second-order valence-electron chi connectivity index (χ2n) is 31.3. The summed E-state index contributed by atoms with van der Waals surface area (Å²) in [6.45, 7) is 1.77. The monoisotopic (exact) mass is 1500 g/mol. The summed E-state index contributed by atoms with van der Waals surface area (Å²) in [4.78, 5) is 13.5. The highest BCUT2D eigenvalue weighted by molar-refractivity contribution is 5.76. The van der Waals surface area contributed by atoms with Gasteiger partial charge in [0.25, 0.3) is 0 Å². The zero-order chi connectivity index (χ0) is 76.0. The fraction of sp³-hybridized carbons (Fsp3) is 0.919. The van der Waals surface area contributed by atoms with Gasteiger partial charge in [0, 0.05) is 6.42 Å². The van der Waals surface area contributed by atoms with Crippen LogP contribution >= 0.6 is 0 Å². The van der Waals surface area contributed by atoms with Crippen LogP contribution in [0.3, 0.4) is 0 Å². The fourth-order valence-corrected chi connectivity index (χ4v) is 14.9. The number of carbonyl (C=O) groups excluding carboxylic acids is 1. The normalized spacial score (nSPS) is 25.9. The number of ether oxygens (including phenoxy) is 6. The van der Waals surface area contributed by atoms with Gasteiger partial charge in [0.1, 0.15) is 73.2 Å². The van der Waals surface area contributed by atoms with E-state index in [0.29, 0.717) is 12.8 Å². The van der Waals surface area contributed by atoms with Crippen LogP contribution in [0.5, 0.6) is 0 Å². The molecule has 0 aromatic rings. The molecule has 0 saturated carbocycles. The van der Waals surface area contributed by atoms with Crippen LogP contribution in [0.1, 0.15) is 373 Å². The van der Waals surface area contributed by atoms with E-state index in [1.807, 2.05) is 6.08 Å². The van der Waals surface area contributed by atoms with Crippen LogP contribution in [-0.2, 0) is 33.2 Å². The number of aliphatic hydroxyl groups excluding tert-OH is 11. The minimum absolute atomic E-state index is 0.237. The van der Waals surface area contributed by atoms with Crippen LogP contribution in [-0.4, -0.2) is 193 Å². The number of nitrogens with one attached hydrogen (secondary N) is 1. The van der Waals surface area contributed by atoms with Gasteiger partial charge in [-0.25, -0.2) is 0 Å². The van der Waals surface area contributed by atoms with Crippen molar-refractivity contribution >= 4 is 5.91 Å². The van der Waals surface area contributed by atoms with Crippen LogP contribution in [0.4, 0.5) is 0 Å². The van der Waals surface area contributed by atoms with Gasteiger partial charge < -0.3 is 89.9 Å². The summed E-state index contributed by atoms with van der Waals surface area (Å²) in [5.74, 6) is -0.282. The van der Waals surface area contributed by atoms with E-state index >= 15 is 0 Å². The standard InChI is InChI=1S/C86H161NO18/c1-3-5-7-9-11-13-15-17-19-21-23-25-27-28-29-30-31-32-33-34-35-36-37-38-39-40-41-42-44-46-48-50-52-54-56-58-60-62-64-74(92)87-69(70(91)63-61-59-57-55-53-51-49-47-45-43-26-24-22-20-18-16-14-12-10-8-6-4-2)68-100-84-80(98)77(95)82(72(66-89)102-84)105-86-81(99)78(96)83(73(67-90)103-86)104-85-79(97)76(94)75(93)71(65-88)101-85/h45,47,53,55,61,63,69-73,75-86,88-91,93-99H,3-44,46,48-52,54,56-60,62,64-68H2,1-2H3,(H,87,92)/b47-45+,55-53+,63-61+. The molecule has 3 aliphatic rings. The predicted molar refractivity (Wildman–Crippen MR) is 420 cm³/mol. The molecule has 3 aliphatic heterocycles. The number of rotatable bonds is 71. The number of hydrogen-bond donors (Lipinski definition) is 12. The van der Waals surface area contributed by atoms with Crippen LogP contribution in [0.15, 0.2) is 36.5 Å². The first-order valence-corrected chi connectivity index (χ1v) is 43.7. The van der Waals surface area contributed by atoms with Gasteiger partial charge in [-0.05, 0) is 44.9 Å². The molecule has 0 radical (unpaired) electrons. The molecule has 0 bridgehead atoms. The van der Waals surface area contributed by atoms with Gasteiger partial charge in [0.05, 0.1) is 38.6 Å². The van der Waals surface area contributed by atoms with Gasteiger partial charge in [0.2, 0.25) is 5.91 Å². The first kappa shape index (κ1) is 97.2. The molecular formula is C86H161NO18. The van der Waals surface area contributed by atoms with Crippen molar-refractivity contribution in [2.24, 2.45) is 0 Å². The summed E-state index contributed by atoms with van der Waals surface area (Å²) in [5.41, 5.74) is 0. The highest BCUT2D eigenvalue weighted by Gasteiger charge is 2.54. The van der Waals surface area contributed by atoms with E-state index in [0.717, 1.165) is 44.9 Å². The molecule has 17 unspecified atom stereocenters. The van der Waals surface area contributed by atoms with Crippen LogP contribution in [0, 0.1) is 0 Å². The van der Waals surface area contributed by atoms with Crippen LogP contribution < -0.4 is 5.32 Å². The lowest BCUT2D eigenvalue weighted by molar-refractivity contribution is -0.379. The lowest BCUT2D eigenvalue weighted by Crippen LogP contribution is -2.66. The average Bonchev–Trinajstić information content (AvgIpc) is 0.778. The predicted octanol–water partition coefficient (Wildman–Crippen LogP) is 15.9. The van der Waals surface area contributed by atoms with Crippen molar-refractivity contribution in [2.45, 2.75) is 478 Å². The lowest BCUT2D eigenvalue weighted by atomic mass is 9.96. The Morgan fingerprint density at radius 1 is 0.333 bits per heavy atom. The van der Waals surface area contributed by atoms with Gasteiger partial charge in [-0.15, -0.1) is 0 Å². The molecular weight excluding hydrogens is 1330 g/mol. The summed E-state index contributed by atoms with van der Waals surface area (Å²) in [6.07, 6.45) is 57.5. The minimum Gasteiger partial charge on any atom is -0.394 e. The largest absolute Gasteiger partial charge is 0.394 e.